The van der Waals surface area contributed by atoms with Crippen LogP contribution in [0, 0.1) is 0 Å². The fourth-order valence-corrected chi connectivity index (χ4v) is 2.65. The molecule has 0 aliphatic heterocycles. The summed E-state index contributed by atoms with van der Waals surface area (Å²) in [5.41, 5.74) is 5.21. The largest absolute Gasteiger partial charge is 0.480 e. The molecular formula is C9H12NO4P. The van der Waals surface area contributed by atoms with E-state index in [4.69, 9.17) is 10.8 Å². The summed E-state index contributed by atoms with van der Waals surface area (Å²) in [6.45, 7) is 0. The Labute approximate surface area is 87.0 Å². The van der Waals surface area contributed by atoms with E-state index in [9.17, 15) is 14.3 Å². The van der Waals surface area contributed by atoms with Gasteiger partial charge in [0.15, 0.2) is 0 Å². The number of benzene rings is 1. The minimum atomic E-state index is -3.66. The van der Waals surface area contributed by atoms with Crippen molar-refractivity contribution in [3.05, 3.63) is 30.3 Å². The molecule has 1 aromatic rings. The van der Waals surface area contributed by atoms with Crippen LogP contribution in [-0.4, -0.2) is 28.2 Å². The van der Waals surface area contributed by atoms with Crippen molar-refractivity contribution in [2.75, 3.05) is 6.16 Å². The predicted molar refractivity (Wildman–Crippen MR) is 56.4 cm³/mol. The summed E-state index contributed by atoms with van der Waals surface area (Å²) >= 11 is 0. The summed E-state index contributed by atoms with van der Waals surface area (Å²) in [4.78, 5) is 20.1. The Morgan fingerprint density at radius 2 is 1.93 bits per heavy atom. The van der Waals surface area contributed by atoms with Crippen LogP contribution in [0.15, 0.2) is 30.3 Å². The van der Waals surface area contributed by atoms with Crippen molar-refractivity contribution in [3.63, 3.8) is 0 Å². The maximum Gasteiger partial charge on any atom is 0.321 e. The second-order valence-corrected chi connectivity index (χ2v) is 5.45. The summed E-state index contributed by atoms with van der Waals surface area (Å²) in [5, 5.41) is 8.76. The van der Waals surface area contributed by atoms with E-state index < -0.39 is 25.5 Å². The van der Waals surface area contributed by atoms with Gasteiger partial charge in [0.1, 0.15) is 6.04 Å². The molecule has 0 radical (unpaired) electrons. The van der Waals surface area contributed by atoms with Gasteiger partial charge in [0.05, 0.1) is 6.16 Å². The first-order valence-corrected chi connectivity index (χ1v) is 6.14. The molecular weight excluding hydrogens is 217 g/mol. The van der Waals surface area contributed by atoms with E-state index in [1.165, 1.54) is 12.1 Å². The van der Waals surface area contributed by atoms with E-state index in [2.05, 4.69) is 0 Å². The zero-order chi connectivity index (χ0) is 11.5. The highest BCUT2D eigenvalue weighted by atomic mass is 31.2. The summed E-state index contributed by atoms with van der Waals surface area (Å²) in [6.07, 6.45) is -0.452. The van der Waals surface area contributed by atoms with E-state index in [1.807, 2.05) is 0 Å². The molecule has 0 saturated carbocycles. The molecule has 1 rings (SSSR count). The second kappa shape index (κ2) is 4.57. The SMILES string of the molecule is NC(CP(=O)(O)c1ccccc1)C(=O)O. The number of nitrogens with two attached hydrogens (primary N) is 1. The van der Waals surface area contributed by atoms with Crippen LogP contribution in [0.2, 0.25) is 0 Å². The quantitative estimate of drug-likeness (QED) is 0.630. The maximum atomic E-state index is 11.7. The molecule has 0 heterocycles. The molecule has 1 aromatic carbocycles. The fraction of sp³-hybridized carbons (Fsp3) is 0.222. The first-order valence-electron chi connectivity index (χ1n) is 4.29. The molecule has 2 unspecified atom stereocenters. The third kappa shape index (κ3) is 3.16. The standard InChI is InChI=1S/C9H12NO4P/c10-8(9(11)12)6-15(13,14)7-4-2-1-3-5-7/h1-5,8H,6,10H2,(H,11,12)(H,13,14). The van der Waals surface area contributed by atoms with Gasteiger partial charge in [-0.1, -0.05) is 18.2 Å². The van der Waals surface area contributed by atoms with Crippen LogP contribution in [0.25, 0.3) is 0 Å². The molecule has 2 atom stereocenters. The number of aliphatic carboxylic acids is 1. The van der Waals surface area contributed by atoms with Crippen LogP contribution >= 0.6 is 7.37 Å². The Bertz CT molecular complexity index is 392. The van der Waals surface area contributed by atoms with Crippen molar-refractivity contribution in [1.29, 1.82) is 0 Å². The summed E-state index contributed by atoms with van der Waals surface area (Å²) in [6, 6.07) is 6.58. The number of carbonyl (C=O) groups is 1. The van der Waals surface area contributed by atoms with Gasteiger partial charge >= 0.3 is 5.97 Å². The second-order valence-electron chi connectivity index (χ2n) is 3.16. The molecule has 0 spiro atoms. The Balaban J connectivity index is 2.85. The zero-order valence-electron chi connectivity index (χ0n) is 7.91. The molecule has 0 aliphatic rings. The average Bonchev–Trinajstić information content (AvgIpc) is 2.18. The highest BCUT2D eigenvalue weighted by Crippen LogP contribution is 2.39. The molecule has 6 heteroatoms. The van der Waals surface area contributed by atoms with Gasteiger partial charge in [-0.05, 0) is 12.1 Å². The summed E-state index contributed by atoms with van der Waals surface area (Å²) in [5.74, 6) is -1.28. The lowest BCUT2D eigenvalue weighted by Crippen LogP contribution is -2.35. The monoisotopic (exact) mass is 229 g/mol. The van der Waals surface area contributed by atoms with Crippen LogP contribution < -0.4 is 11.0 Å². The third-order valence-electron chi connectivity index (χ3n) is 1.92. The maximum absolute atomic E-state index is 11.7. The van der Waals surface area contributed by atoms with Crippen molar-refractivity contribution in [2.24, 2.45) is 5.73 Å². The Hall–Kier alpha value is -1.16. The van der Waals surface area contributed by atoms with Crippen molar-refractivity contribution in [1.82, 2.24) is 0 Å². The molecule has 4 N–H and O–H groups in total. The van der Waals surface area contributed by atoms with Crippen LogP contribution in [0.5, 0.6) is 0 Å². The number of hydrogen-bond acceptors (Lipinski definition) is 3. The Morgan fingerprint density at radius 1 is 1.40 bits per heavy atom. The summed E-state index contributed by atoms with van der Waals surface area (Å²) in [7, 11) is -3.66. The van der Waals surface area contributed by atoms with Crippen LogP contribution in [0.4, 0.5) is 0 Å². The van der Waals surface area contributed by atoms with Gasteiger partial charge in [-0.15, -0.1) is 0 Å². The van der Waals surface area contributed by atoms with E-state index in [0.29, 0.717) is 0 Å². The Morgan fingerprint density at radius 3 is 2.40 bits per heavy atom. The van der Waals surface area contributed by atoms with Crippen molar-refractivity contribution < 1.29 is 19.4 Å². The van der Waals surface area contributed by atoms with Crippen molar-refractivity contribution >= 4 is 18.6 Å². The molecule has 5 nitrogen and oxygen atoms in total. The molecule has 15 heavy (non-hydrogen) atoms. The van der Waals surface area contributed by atoms with Gasteiger partial charge in [0.25, 0.3) is 0 Å². The van der Waals surface area contributed by atoms with E-state index in [0.717, 1.165) is 0 Å². The number of rotatable bonds is 4. The van der Waals surface area contributed by atoms with E-state index in [-0.39, 0.29) is 5.30 Å². The van der Waals surface area contributed by atoms with E-state index >= 15 is 0 Å². The highest BCUT2D eigenvalue weighted by Gasteiger charge is 2.27. The normalized spacial score (nSPS) is 16.7. The summed E-state index contributed by atoms with van der Waals surface area (Å²) < 4.78 is 11.7. The van der Waals surface area contributed by atoms with Gasteiger partial charge in [-0.2, -0.15) is 0 Å². The van der Waals surface area contributed by atoms with Gasteiger partial charge in [0, 0.05) is 5.30 Å². The zero-order valence-corrected chi connectivity index (χ0v) is 8.80. The fourth-order valence-electron chi connectivity index (χ4n) is 1.11. The third-order valence-corrected chi connectivity index (χ3v) is 3.91. The lowest BCUT2D eigenvalue weighted by Gasteiger charge is -2.13. The van der Waals surface area contributed by atoms with Gasteiger partial charge < -0.3 is 15.7 Å². The minimum absolute atomic E-state index is 0.224. The van der Waals surface area contributed by atoms with Crippen molar-refractivity contribution in [2.45, 2.75) is 6.04 Å². The van der Waals surface area contributed by atoms with Gasteiger partial charge in [0.2, 0.25) is 7.37 Å². The number of hydrogen-bond donors (Lipinski definition) is 3. The first kappa shape index (κ1) is 11.9. The molecule has 0 saturated heterocycles. The van der Waals surface area contributed by atoms with Crippen LogP contribution in [0.1, 0.15) is 0 Å². The molecule has 82 valence electrons. The van der Waals surface area contributed by atoms with Crippen LogP contribution in [0.3, 0.4) is 0 Å². The van der Waals surface area contributed by atoms with Crippen LogP contribution in [-0.2, 0) is 9.36 Å². The predicted octanol–water partition coefficient (Wildman–Crippen LogP) is -0.00580. The van der Waals surface area contributed by atoms with E-state index in [1.54, 1.807) is 18.2 Å². The van der Waals surface area contributed by atoms with Crippen molar-refractivity contribution in [3.8, 4) is 0 Å². The minimum Gasteiger partial charge on any atom is -0.480 e. The number of carboxylic acid groups (broad SMARTS) is 1. The first-order chi connectivity index (χ1) is 6.93. The molecule has 0 aromatic heterocycles. The lowest BCUT2D eigenvalue weighted by molar-refractivity contribution is -0.138. The average molecular weight is 229 g/mol. The topological polar surface area (TPSA) is 101 Å². The molecule has 0 bridgehead atoms. The molecule has 0 aliphatic carbocycles. The highest BCUT2D eigenvalue weighted by molar-refractivity contribution is 7.66. The smallest absolute Gasteiger partial charge is 0.321 e. The van der Waals surface area contributed by atoms with Gasteiger partial charge in [-0.25, -0.2) is 0 Å². The molecule has 0 fully saturated rings. The van der Waals surface area contributed by atoms with Gasteiger partial charge in [-0.3, -0.25) is 9.36 Å². The molecule has 0 amide bonds. The lowest BCUT2D eigenvalue weighted by atomic mass is 10.4. The number of carboxylic acids is 1. The Kier molecular flexibility index (Phi) is 3.63.